The molecule has 0 aromatic carbocycles. The number of rotatable bonds is 6. The highest BCUT2D eigenvalue weighted by atomic mass is 127. The van der Waals surface area contributed by atoms with Crippen LogP contribution in [-0.2, 0) is 13.1 Å². The molecule has 0 saturated carbocycles. The molecule has 2 aromatic heterocycles. The van der Waals surface area contributed by atoms with Crippen molar-refractivity contribution in [3.8, 4) is 0 Å². The van der Waals surface area contributed by atoms with E-state index in [0.717, 1.165) is 37.1 Å². The van der Waals surface area contributed by atoms with E-state index in [2.05, 4.69) is 49.9 Å². The standard InChI is InChI=1S/C18H27N5S2.HI/c1-14-9-20-17(25-14)11-22-18(19-2)21-10-15-5-3-7-23(12-15)13-16-6-4-8-24-16;/h4,6,8-9,15H,3,5,7,10-13H2,1-2H3,(H2,19,21,22);1H. The molecular weight excluding hydrogens is 477 g/mol. The summed E-state index contributed by atoms with van der Waals surface area (Å²) in [6, 6.07) is 4.38. The van der Waals surface area contributed by atoms with Gasteiger partial charge < -0.3 is 10.6 Å². The first-order valence-electron chi connectivity index (χ1n) is 8.83. The normalized spacial score (nSPS) is 18.4. The van der Waals surface area contributed by atoms with Crippen LogP contribution >= 0.6 is 46.7 Å². The third-order valence-corrected chi connectivity index (χ3v) is 6.19. The van der Waals surface area contributed by atoms with Gasteiger partial charge in [0.1, 0.15) is 5.01 Å². The van der Waals surface area contributed by atoms with Crippen LogP contribution in [-0.4, -0.2) is 42.5 Å². The Hall–Kier alpha value is -0.710. The Morgan fingerprint density at radius 3 is 3.00 bits per heavy atom. The Morgan fingerprint density at radius 1 is 1.42 bits per heavy atom. The number of halogens is 1. The molecule has 0 aliphatic carbocycles. The maximum absolute atomic E-state index is 4.38. The molecule has 3 rings (SSSR count). The van der Waals surface area contributed by atoms with Crippen LogP contribution in [0.2, 0.25) is 0 Å². The zero-order chi connectivity index (χ0) is 17.5. The number of guanidine groups is 1. The van der Waals surface area contributed by atoms with Gasteiger partial charge in [-0.1, -0.05) is 6.07 Å². The minimum atomic E-state index is 0. The van der Waals surface area contributed by atoms with Crippen molar-refractivity contribution in [1.82, 2.24) is 20.5 Å². The number of thiophene rings is 1. The summed E-state index contributed by atoms with van der Waals surface area (Å²) in [5.74, 6) is 1.54. The van der Waals surface area contributed by atoms with Gasteiger partial charge in [-0.2, -0.15) is 0 Å². The molecule has 8 heteroatoms. The van der Waals surface area contributed by atoms with Crippen molar-refractivity contribution in [2.45, 2.75) is 32.9 Å². The molecule has 2 N–H and O–H groups in total. The average Bonchev–Trinajstić information content (AvgIpc) is 3.27. The number of likely N-dealkylation sites (tertiary alicyclic amines) is 1. The molecule has 0 bridgehead atoms. The summed E-state index contributed by atoms with van der Waals surface area (Å²) < 4.78 is 0. The maximum atomic E-state index is 4.38. The fraction of sp³-hybridized carbons (Fsp3) is 0.556. The van der Waals surface area contributed by atoms with Crippen LogP contribution in [0.3, 0.4) is 0 Å². The first-order chi connectivity index (χ1) is 12.2. The molecule has 144 valence electrons. The number of aromatic nitrogens is 1. The number of nitrogens with one attached hydrogen (secondary N) is 2. The fourth-order valence-electron chi connectivity index (χ4n) is 3.19. The monoisotopic (exact) mass is 505 g/mol. The molecule has 1 aliphatic heterocycles. The van der Waals surface area contributed by atoms with Gasteiger partial charge in [0.25, 0.3) is 0 Å². The van der Waals surface area contributed by atoms with Gasteiger partial charge in [0.15, 0.2) is 5.96 Å². The van der Waals surface area contributed by atoms with Crippen LogP contribution in [0.5, 0.6) is 0 Å². The minimum Gasteiger partial charge on any atom is -0.356 e. The summed E-state index contributed by atoms with van der Waals surface area (Å²) in [6.45, 7) is 7.24. The molecule has 1 unspecified atom stereocenters. The van der Waals surface area contributed by atoms with E-state index in [9.17, 15) is 0 Å². The van der Waals surface area contributed by atoms with Crippen molar-refractivity contribution in [3.05, 3.63) is 38.5 Å². The van der Waals surface area contributed by atoms with Gasteiger partial charge in [0.2, 0.25) is 0 Å². The number of piperidine rings is 1. The van der Waals surface area contributed by atoms with Crippen LogP contribution in [0, 0.1) is 12.8 Å². The number of hydrogen-bond acceptors (Lipinski definition) is 5. The lowest BCUT2D eigenvalue weighted by atomic mass is 9.98. The van der Waals surface area contributed by atoms with E-state index in [1.54, 1.807) is 11.3 Å². The second kappa shape index (κ2) is 11.2. The van der Waals surface area contributed by atoms with Gasteiger partial charge in [-0.25, -0.2) is 4.98 Å². The number of aryl methyl sites for hydroxylation is 1. The number of nitrogens with zero attached hydrogens (tertiary/aromatic N) is 3. The molecule has 1 saturated heterocycles. The Kier molecular flexibility index (Phi) is 9.30. The lowest BCUT2D eigenvalue weighted by Crippen LogP contribution is -2.44. The maximum Gasteiger partial charge on any atom is 0.191 e. The van der Waals surface area contributed by atoms with Gasteiger partial charge in [-0.15, -0.1) is 46.7 Å². The molecule has 1 aliphatic rings. The van der Waals surface area contributed by atoms with Crippen molar-refractivity contribution >= 4 is 52.6 Å². The summed E-state index contributed by atoms with van der Waals surface area (Å²) in [4.78, 5) is 14.0. The van der Waals surface area contributed by atoms with Gasteiger partial charge in [0.05, 0.1) is 6.54 Å². The van der Waals surface area contributed by atoms with Crippen molar-refractivity contribution in [3.63, 3.8) is 0 Å². The molecule has 0 spiro atoms. The predicted molar refractivity (Wildman–Crippen MR) is 123 cm³/mol. The van der Waals surface area contributed by atoms with Crippen molar-refractivity contribution in [1.29, 1.82) is 0 Å². The highest BCUT2D eigenvalue weighted by molar-refractivity contribution is 14.0. The van der Waals surface area contributed by atoms with Crippen LogP contribution in [0.4, 0.5) is 0 Å². The molecule has 26 heavy (non-hydrogen) atoms. The summed E-state index contributed by atoms with van der Waals surface area (Å²) in [7, 11) is 1.83. The Balaban J connectivity index is 0.00000243. The molecule has 2 aromatic rings. The Bertz CT molecular complexity index is 671. The molecular formula is C18H28IN5S2. The highest BCUT2D eigenvalue weighted by Crippen LogP contribution is 2.20. The third kappa shape index (κ3) is 6.79. The first-order valence-corrected chi connectivity index (χ1v) is 10.5. The van der Waals surface area contributed by atoms with Gasteiger partial charge in [-0.05, 0) is 43.7 Å². The quantitative estimate of drug-likeness (QED) is 0.357. The Labute approximate surface area is 181 Å². The lowest BCUT2D eigenvalue weighted by Gasteiger charge is -2.32. The highest BCUT2D eigenvalue weighted by Gasteiger charge is 2.20. The molecule has 1 atom stereocenters. The van der Waals surface area contributed by atoms with E-state index < -0.39 is 0 Å². The van der Waals surface area contributed by atoms with Gasteiger partial charge >= 0.3 is 0 Å². The summed E-state index contributed by atoms with van der Waals surface area (Å²) in [5.41, 5.74) is 0. The summed E-state index contributed by atoms with van der Waals surface area (Å²) in [6.07, 6.45) is 4.49. The second-order valence-corrected chi connectivity index (χ2v) is 8.85. The smallest absolute Gasteiger partial charge is 0.191 e. The molecule has 0 amide bonds. The third-order valence-electron chi connectivity index (χ3n) is 4.42. The van der Waals surface area contributed by atoms with E-state index in [0.29, 0.717) is 5.92 Å². The second-order valence-electron chi connectivity index (χ2n) is 6.49. The first kappa shape index (κ1) is 21.6. The Morgan fingerprint density at radius 2 is 2.31 bits per heavy atom. The van der Waals surface area contributed by atoms with E-state index in [1.807, 2.05) is 24.6 Å². The summed E-state index contributed by atoms with van der Waals surface area (Å²) >= 11 is 3.58. The van der Waals surface area contributed by atoms with E-state index >= 15 is 0 Å². The zero-order valence-electron chi connectivity index (χ0n) is 15.4. The predicted octanol–water partition coefficient (Wildman–Crippen LogP) is 3.71. The molecule has 1 fully saturated rings. The van der Waals surface area contributed by atoms with Gasteiger partial charge in [-0.3, -0.25) is 9.89 Å². The number of hydrogen-bond donors (Lipinski definition) is 2. The summed E-state index contributed by atoms with van der Waals surface area (Å²) in [5, 5.41) is 10.1. The van der Waals surface area contributed by atoms with Crippen molar-refractivity contribution in [2.24, 2.45) is 10.9 Å². The SMILES string of the molecule is CN=C(NCc1ncc(C)s1)NCC1CCCN(Cc2cccs2)C1.I. The molecule has 0 radical (unpaired) electrons. The van der Waals surface area contributed by atoms with Gasteiger partial charge in [0, 0.05) is 42.6 Å². The zero-order valence-corrected chi connectivity index (χ0v) is 19.4. The largest absolute Gasteiger partial charge is 0.356 e. The van der Waals surface area contributed by atoms with E-state index in [4.69, 9.17) is 0 Å². The van der Waals surface area contributed by atoms with Crippen LogP contribution in [0.15, 0.2) is 28.7 Å². The fourth-order valence-corrected chi connectivity index (χ4v) is 4.66. The average molecular weight is 505 g/mol. The lowest BCUT2D eigenvalue weighted by molar-refractivity contribution is 0.169. The molecule has 3 heterocycles. The van der Waals surface area contributed by atoms with E-state index in [-0.39, 0.29) is 24.0 Å². The van der Waals surface area contributed by atoms with E-state index in [1.165, 1.54) is 29.1 Å². The van der Waals surface area contributed by atoms with Crippen LogP contribution in [0.25, 0.3) is 0 Å². The topological polar surface area (TPSA) is 52.6 Å². The van der Waals surface area contributed by atoms with Crippen molar-refractivity contribution in [2.75, 3.05) is 26.7 Å². The number of aliphatic imine (C=N–C) groups is 1. The van der Waals surface area contributed by atoms with Crippen LogP contribution < -0.4 is 10.6 Å². The number of thiazole rings is 1. The minimum absolute atomic E-state index is 0. The van der Waals surface area contributed by atoms with Crippen LogP contribution in [0.1, 0.15) is 27.6 Å². The molecule has 5 nitrogen and oxygen atoms in total. The van der Waals surface area contributed by atoms with Crippen molar-refractivity contribution < 1.29 is 0 Å².